The molecular formula is C14H18FNO4. The van der Waals surface area contributed by atoms with Gasteiger partial charge in [-0.3, -0.25) is 9.59 Å². The summed E-state index contributed by atoms with van der Waals surface area (Å²) in [7, 11) is 0. The minimum absolute atomic E-state index is 0.0491. The third-order valence-electron chi connectivity index (χ3n) is 2.77. The van der Waals surface area contributed by atoms with Gasteiger partial charge in [-0.2, -0.15) is 0 Å². The fraction of sp³-hybridized carbons (Fsp3) is 0.429. The number of carboxylic acids is 1. The topological polar surface area (TPSA) is 75.6 Å². The van der Waals surface area contributed by atoms with Gasteiger partial charge in [-0.25, -0.2) is 4.39 Å². The Bertz CT molecular complexity index is 514. The van der Waals surface area contributed by atoms with Gasteiger partial charge in [0, 0.05) is 6.54 Å². The van der Waals surface area contributed by atoms with Crippen LogP contribution in [0, 0.1) is 11.2 Å². The van der Waals surface area contributed by atoms with Gasteiger partial charge in [-0.05, 0) is 32.9 Å². The van der Waals surface area contributed by atoms with E-state index in [4.69, 9.17) is 9.84 Å². The van der Waals surface area contributed by atoms with Crippen molar-refractivity contribution in [3.05, 3.63) is 29.6 Å². The van der Waals surface area contributed by atoms with Gasteiger partial charge >= 0.3 is 5.97 Å². The second-order valence-electron chi connectivity index (χ2n) is 4.92. The van der Waals surface area contributed by atoms with Crippen LogP contribution in [0.3, 0.4) is 0 Å². The first-order chi connectivity index (χ1) is 9.29. The summed E-state index contributed by atoms with van der Waals surface area (Å²) in [4.78, 5) is 23.0. The standard InChI is InChI=1S/C14H18FNO4/c1-4-20-11-9(6-5-7-10(11)15)12(17)16-8-14(2,3)13(18)19/h5-7H,4,8H2,1-3H3,(H,16,17)(H,18,19). The van der Waals surface area contributed by atoms with Crippen molar-refractivity contribution in [3.63, 3.8) is 0 Å². The molecule has 2 N–H and O–H groups in total. The number of benzene rings is 1. The van der Waals surface area contributed by atoms with E-state index in [1.54, 1.807) is 6.92 Å². The SMILES string of the molecule is CCOc1c(F)cccc1C(=O)NCC(C)(C)C(=O)O. The number of aliphatic carboxylic acids is 1. The molecule has 6 heteroatoms. The average molecular weight is 283 g/mol. The van der Waals surface area contributed by atoms with Gasteiger partial charge in [0.25, 0.3) is 5.91 Å². The van der Waals surface area contributed by atoms with Crippen LogP contribution in [0.2, 0.25) is 0 Å². The van der Waals surface area contributed by atoms with E-state index in [0.717, 1.165) is 0 Å². The summed E-state index contributed by atoms with van der Waals surface area (Å²) in [5, 5.41) is 11.5. The molecule has 0 bridgehead atoms. The Morgan fingerprint density at radius 1 is 1.40 bits per heavy atom. The van der Waals surface area contributed by atoms with E-state index in [2.05, 4.69) is 5.32 Å². The highest BCUT2D eigenvalue weighted by Crippen LogP contribution is 2.23. The highest BCUT2D eigenvalue weighted by molar-refractivity contribution is 5.97. The molecule has 1 aromatic rings. The molecule has 0 aromatic heterocycles. The van der Waals surface area contributed by atoms with Crippen molar-refractivity contribution in [2.45, 2.75) is 20.8 Å². The summed E-state index contributed by atoms with van der Waals surface area (Å²) in [6.45, 7) is 4.82. The minimum atomic E-state index is -1.10. The van der Waals surface area contributed by atoms with Crippen molar-refractivity contribution in [1.82, 2.24) is 5.32 Å². The van der Waals surface area contributed by atoms with Gasteiger partial charge < -0.3 is 15.2 Å². The molecule has 110 valence electrons. The molecule has 0 saturated heterocycles. The lowest BCUT2D eigenvalue weighted by atomic mass is 9.94. The van der Waals surface area contributed by atoms with Crippen LogP contribution in [-0.4, -0.2) is 30.1 Å². The number of carboxylic acid groups (broad SMARTS) is 1. The third kappa shape index (κ3) is 3.69. The van der Waals surface area contributed by atoms with Crippen molar-refractivity contribution in [2.24, 2.45) is 5.41 Å². The Morgan fingerprint density at radius 2 is 2.05 bits per heavy atom. The second-order valence-corrected chi connectivity index (χ2v) is 4.92. The summed E-state index contributed by atoms with van der Waals surface area (Å²) in [6, 6.07) is 4.02. The Morgan fingerprint density at radius 3 is 2.60 bits per heavy atom. The second kappa shape index (κ2) is 6.36. The zero-order valence-electron chi connectivity index (χ0n) is 11.7. The maximum absolute atomic E-state index is 13.6. The molecule has 0 aliphatic carbocycles. The number of hydrogen-bond acceptors (Lipinski definition) is 3. The average Bonchev–Trinajstić information content (AvgIpc) is 2.38. The number of ether oxygens (including phenoxy) is 1. The van der Waals surface area contributed by atoms with Crippen molar-refractivity contribution < 1.29 is 23.8 Å². The number of carbonyl (C=O) groups excluding carboxylic acids is 1. The predicted molar refractivity (Wildman–Crippen MR) is 71.3 cm³/mol. The third-order valence-corrected chi connectivity index (χ3v) is 2.77. The molecule has 5 nitrogen and oxygen atoms in total. The first-order valence-electron chi connectivity index (χ1n) is 6.22. The van der Waals surface area contributed by atoms with E-state index in [0.29, 0.717) is 0 Å². The number of nitrogens with one attached hydrogen (secondary N) is 1. The lowest BCUT2D eigenvalue weighted by molar-refractivity contribution is -0.146. The van der Waals surface area contributed by atoms with Crippen LogP contribution in [0.1, 0.15) is 31.1 Å². The van der Waals surface area contributed by atoms with Crippen molar-refractivity contribution in [3.8, 4) is 5.75 Å². The van der Waals surface area contributed by atoms with E-state index in [1.807, 2.05) is 0 Å². The van der Waals surface area contributed by atoms with Crippen LogP contribution in [-0.2, 0) is 4.79 Å². The number of carbonyl (C=O) groups is 2. The Hall–Kier alpha value is -2.11. The molecule has 1 amide bonds. The summed E-state index contributed by atoms with van der Waals surface area (Å²) in [6.07, 6.45) is 0. The van der Waals surface area contributed by atoms with E-state index in [1.165, 1.54) is 32.0 Å². The molecule has 0 aliphatic heterocycles. The molecule has 0 unspecified atom stereocenters. The fourth-order valence-corrected chi connectivity index (χ4v) is 1.45. The molecule has 20 heavy (non-hydrogen) atoms. The Labute approximate surface area is 116 Å². The molecule has 1 rings (SSSR count). The molecule has 0 spiro atoms. The van der Waals surface area contributed by atoms with Gasteiger partial charge in [-0.15, -0.1) is 0 Å². The van der Waals surface area contributed by atoms with E-state index < -0.39 is 23.1 Å². The van der Waals surface area contributed by atoms with Gasteiger partial charge in [0.05, 0.1) is 17.6 Å². The molecule has 0 radical (unpaired) electrons. The molecular weight excluding hydrogens is 265 g/mol. The van der Waals surface area contributed by atoms with Crippen LogP contribution in [0.5, 0.6) is 5.75 Å². The summed E-state index contributed by atoms with van der Waals surface area (Å²) in [5.74, 6) is -2.35. The Balaban J connectivity index is 2.88. The summed E-state index contributed by atoms with van der Waals surface area (Å²) >= 11 is 0. The normalized spacial score (nSPS) is 11.0. The first kappa shape index (κ1) is 15.9. The number of halogens is 1. The van der Waals surface area contributed by atoms with Gasteiger partial charge in [0.1, 0.15) is 0 Å². The molecule has 0 fully saturated rings. The monoisotopic (exact) mass is 283 g/mol. The van der Waals surface area contributed by atoms with Crippen molar-refractivity contribution in [1.29, 1.82) is 0 Å². The van der Waals surface area contributed by atoms with Crippen molar-refractivity contribution >= 4 is 11.9 Å². The molecule has 0 aliphatic rings. The molecule has 0 atom stereocenters. The van der Waals surface area contributed by atoms with Crippen LogP contribution >= 0.6 is 0 Å². The minimum Gasteiger partial charge on any atom is -0.490 e. The van der Waals surface area contributed by atoms with E-state index >= 15 is 0 Å². The molecule has 1 aromatic carbocycles. The van der Waals surface area contributed by atoms with E-state index in [9.17, 15) is 14.0 Å². The Kier molecular flexibility index (Phi) is 5.07. The highest BCUT2D eigenvalue weighted by atomic mass is 19.1. The zero-order valence-corrected chi connectivity index (χ0v) is 11.7. The van der Waals surface area contributed by atoms with Gasteiger partial charge in [0.15, 0.2) is 11.6 Å². The fourth-order valence-electron chi connectivity index (χ4n) is 1.45. The summed E-state index contributed by atoms with van der Waals surface area (Å²) in [5.41, 5.74) is -1.05. The largest absolute Gasteiger partial charge is 0.490 e. The number of hydrogen-bond donors (Lipinski definition) is 2. The van der Waals surface area contributed by atoms with Gasteiger partial charge in [0.2, 0.25) is 0 Å². The predicted octanol–water partition coefficient (Wildman–Crippen LogP) is 2.06. The lowest BCUT2D eigenvalue weighted by Crippen LogP contribution is -2.39. The maximum Gasteiger partial charge on any atom is 0.310 e. The number of para-hydroxylation sites is 1. The highest BCUT2D eigenvalue weighted by Gasteiger charge is 2.28. The van der Waals surface area contributed by atoms with Crippen LogP contribution < -0.4 is 10.1 Å². The quantitative estimate of drug-likeness (QED) is 0.838. The lowest BCUT2D eigenvalue weighted by Gasteiger charge is -2.20. The van der Waals surface area contributed by atoms with Crippen LogP contribution in [0.15, 0.2) is 18.2 Å². The van der Waals surface area contributed by atoms with Crippen molar-refractivity contribution in [2.75, 3.05) is 13.2 Å². The van der Waals surface area contributed by atoms with Gasteiger partial charge in [-0.1, -0.05) is 6.07 Å². The summed E-state index contributed by atoms with van der Waals surface area (Å²) < 4.78 is 18.7. The zero-order chi connectivity index (χ0) is 15.3. The smallest absolute Gasteiger partial charge is 0.310 e. The van der Waals surface area contributed by atoms with Crippen LogP contribution in [0.4, 0.5) is 4.39 Å². The first-order valence-corrected chi connectivity index (χ1v) is 6.22. The van der Waals surface area contributed by atoms with E-state index in [-0.39, 0.29) is 24.5 Å². The maximum atomic E-state index is 13.6. The number of rotatable bonds is 6. The molecule has 0 saturated carbocycles. The number of amides is 1. The van der Waals surface area contributed by atoms with Crippen LogP contribution in [0.25, 0.3) is 0 Å². The molecule has 0 heterocycles.